The standard InChI is InChI=1S/C30H30BrN5O5S2/c1-22-18-24(23(2)36(22)26-11-9-10-25(31)19-26)20-32-33-30(37)29-21-34(42(38,39)27-12-5-3-6-13-27)16-17-35(29)43(40,41)28-14-7-4-8-15-28/h3-15,18-20,29H,16-17,21H2,1-2H3,(H,33,37)/b32-20-/t29-/m0/s1. The second-order valence-corrected chi connectivity index (χ2v) is 14.7. The third-order valence-electron chi connectivity index (χ3n) is 7.24. The molecule has 0 aliphatic carbocycles. The van der Waals surface area contributed by atoms with E-state index in [1.165, 1.54) is 30.5 Å². The van der Waals surface area contributed by atoms with E-state index in [0.29, 0.717) is 0 Å². The molecule has 13 heteroatoms. The zero-order valence-corrected chi connectivity index (χ0v) is 26.7. The second-order valence-electron chi connectivity index (χ2n) is 10.00. The van der Waals surface area contributed by atoms with Crippen LogP contribution in [0.15, 0.2) is 110 Å². The normalized spacial score (nSPS) is 16.9. The number of carbonyl (C=O) groups excluding carboxylic acids is 1. The van der Waals surface area contributed by atoms with Crippen LogP contribution in [0, 0.1) is 13.8 Å². The molecule has 0 spiro atoms. The van der Waals surface area contributed by atoms with Crippen molar-refractivity contribution in [3.8, 4) is 5.69 Å². The Hall–Kier alpha value is -3.62. The molecular formula is C30H30BrN5O5S2. The fourth-order valence-corrected chi connectivity index (χ4v) is 8.54. The molecule has 3 aromatic carbocycles. The molecule has 224 valence electrons. The lowest BCUT2D eigenvalue weighted by atomic mass is 10.2. The molecule has 5 rings (SSSR count). The summed E-state index contributed by atoms with van der Waals surface area (Å²) in [7, 11) is -8.09. The predicted octanol–water partition coefficient (Wildman–Crippen LogP) is 4.07. The number of amides is 1. The molecule has 1 atom stereocenters. The van der Waals surface area contributed by atoms with Gasteiger partial charge in [-0.1, -0.05) is 58.4 Å². The van der Waals surface area contributed by atoms with Crippen molar-refractivity contribution >= 4 is 48.1 Å². The van der Waals surface area contributed by atoms with E-state index in [1.54, 1.807) is 36.4 Å². The SMILES string of the molecule is Cc1cc(/C=N\NC(=O)[C@@H]2CN(S(=O)(=O)c3ccccc3)CCN2S(=O)(=O)c2ccccc2)c(C)n1-c1cccc(Br)c1. The molecule has 1 aromatic heterocycles. The van der Waals surface area contributed by atoms with Gasteiger partial charge in [0.2, 0.25) is 20.0 Å². The lowest BCUT2D eigenvalue weighted by molar-refractivity contribution is -0.125. The van der Waals surface area contributed by atoms with Crippen LogP contribution in [0.25, 0.3) is 5.69 Å². The zero-order valence-electron chi connectivity index (χ0n) is 23.5. The third kappa shape index (κ3) is 6.36. The number of hydrogen-bond acceptors (Lipinski definition) is 6. The van der Waals surface area contributed by atoms with Gasteiger partial charge in [-0.15, -0.1) is 0 Å². The largest absolute Gasteiger partial charge is 0.318 e. The molecule has 1 saturated heterocycles. The number of aryl methyl sites for hydroxylation is 1. The lowest BCUT2D eigenvalue weighted by Gasteiger charge is -2.38. The minimum Gasteiger partial charge on any atom is -0.318 e. The highest BCUT2D eigenvalue weighted by molar-refractivity contribution is 9.10. The molecule has 0 bridgehead atoms. The molecule has 2 heterocycles. The van der Waals surface area contributed by atoms with Crippen LogP contribution in [0.2, 0.25) is 0 Å². The predicted molar refractivity (Wildman–Crippen MR) is 168 cm³/mol. The van der Waals surface area contributed by atoms with E-state index in [1.807, 2.05) is 44.2 Å². The first kappa shape index (κ1) is 30.8. The maximum Gasteiger partial charge on any atom is 0.259 e. The number of hydrogen-bond donors (Lipinski definition) is 1. The number of piperazine rings is 1. The molecule has 1 aliphatic rings. The molecule has 0 unspecified atom stereocenters. The van der Waals surface area contributed by atoms with Crippen LogP contribution in [-0.4, -0.2) is 67.8 Å². The van der Waals surface area contributed by atoms with Crippen molar-refractivity contribution in [2.75, 3.05) is 19.6 Å². The van der Waals surface area contributed by atoms with E-state index in [4.69, 9.17) is 0 Å². The van der Waals surface area contributed by atoms with Gasteiger partial charge in [-0.05, 0) is 62.4 Å². The molecule has 1 aliphatic heterocycles. The number of hydrazone groups is 1. The number of sulfonamides is 2. The number of nitrogens with one attached hydrogen (secondary N) is 1. The monoisotopic (exact) mass is 683 g/mol. The van der Waals surface area contributed by atoms with E-state index in [9.17, 15) is 21.6 Å². The van der Waals surface area contributed by atoms with Gasteiger partial charge >= 0.3 is 0 Å². The minimum absolute atomic E-state index is 0.00987. The zero-order chi connectivity index (χ0) is 30.8. The molecular weight excluding hydrogens is 654 g/mol. The van der Waals surface area contributed by atoms with Crippen LogP contribution in [0.5, 0.6) is 0 Å². The van der Waals surface area contributed by atoms with Crippen molar-refractivity contribution in [1.29, 1.82) is 0 Å². The summed E-state index contributed by atoms with van der Waals surface area (Å²) in [6, 6.07) is 24.0. The fourth-order valence-electron chi connectivity index (χ4n) is 5.10. The molecule has 1 fully saturated rings. The van der Waals surface area contributed by atoms with E-state index < -0.39 is 32.0 Å². The molecule has 1 amide bonds. The van der Waals surface area contributed by atoms with Gasteiger partial charge in [0, 0.05) is 46.7 Å². The van der Waals surface area contributed by atoms with Gasteiger partial charge in [-0.3, -0.25) is 4.79 Å². The summed E-state index contributed by atoms with van der Waals surface area (Å²) in [6.07, 6.45) is 1.49. The Bertz CT molecular complexity index is 1880. The van der Waals surface area contributed by atoms with Crippen LogP contribution >= 0.6 is 15.9 Å². The van der Waals surface area contributed by atoms with Crippen LogP contribution < -0.4 is 5.43 Å². The van der Waals surface area contributed by atoms with Gasteiger partial charge in [-0.25, -0.2) is 22.3 Å². The van der Waals surface area contributed by atoms with Crippen LogP contribution in [-0.2, 0) is 24.8 Å². The van der Waals surface area contributed by atoms with Crippen molar-refractivity contribution in [2.45, 2.75) is 29.7 Å². The first-order valence-corrected chi connectivity index (χ1v) is 17.1. The average Bonchev–Trinajstić information content (AvgIpc) is 3.29. The fraction of sp³-hybridized carbons (Fsp3) is 0.200. The molecule has 1 N–H and O–H groups in total. The average molecular weight is 685 g/mol. The van der Waals surface area contributed by atoms with Gasteiger partial charge in [0.25, 0.3) is 5.91 Å². The lowest BCUT2D eigenvalue weighted by Crippen LogP contribution is -2.60. The number of aromatic nitrogens is 1. The van der Waals surface area contributed by atoms with Crippen LogP contribution in [0.3, 0.4) is 0 Å². The summed E-state index contributed by atoms with van der Waals surface area (Å²) in [5, 5.41) is 4.14. The number of rotatable bonds is 8. The van der Waals surface area contributed by atoms with Crippen molar-refractivity contribution in [2.24, 2.45) is 5.10 Å². The smallest absolute Gasteiger partial charge is 0.259 e. The number of halogens is 1. The Balaban J connectivity index is 1.42. The Morgan fingerprint density at radius 1 is 0.860 bits per heavy atom. The summed E-state index contributed by atoms with van der Waals surface area (Å²) >= 11 is 3.50. The minimum atomic E-state index is -4.12. The molecule has 4 aromatic rings. The van der Waals surface area contributed by atoms with E-state index in [0.717, 1.165) is 35.7 Å². The van der Waals surface area contributed by atoms with Crippen LogP contribution in [0.4, 0.5) is 0 Å². The van der Waals surface area contributed by atoms with Crippen LogP contribution in [0.1, 0.15) is 17.0 Å². The Morgan fingerprint density at radius 3 is 2.12 bits per heavy atom. The maximum atomic E-state index is 13.6. The quantitative estimate of drug-likeness (QED) is 0.222. The van der Waals surface area contributed by atoms with E-state index in [-0.39, 0.29) is 29.4 Å². The summed E-state index contributed by atoms with van der Waals surface area (Å²) < 4.78 is 59.1. The van der Waals surface area contributed by atoms with Crippen molar-refractivity contribution in [3.05, 3.63) is 112 Å². The number of benzene rings is 3. The summed E-state index contributed by atoms with van der Waals surface area (Å²) in [5.74, 6) is -0.746. The maximum absolute atomic E-state index is 13.6. The number of carbonyl (C=O) groups is 1. The van der Waals surface area contributed by atoms with Gasteiger partial charge in [0.15, 0.2) is 0 Å². The van der Waals surface area contributed by atoms with E-state index in [2.05, 4.69) is 31.0 Å². The highest BCUT2D eigenvalue weighted by Crippen LogP contribution is 2.26. The topological polar surface area (TPSA) is 121 Å². The van der Waals surface area contributed by atoms with Crippen molar-refractivity contribution in [1.82, 2.24) is 18.6 Å². The Kier molecular flexibility index (Phi) is 8.99. The number of nitrogens with zero attached hydrogens (tertiary/aromatic N) is 4. The molecule has 0 saturated carbocycles. The second kappa shape index (κ2) is 12.5. The molecule has 10 nitrogen and oxygen atoms in total. The first-order valence-electron chi connectivity index (χ1n) is 13.4. The van der Waals surface area contributed by atoms with Crippen molar-refractivity contribution < 1.29 is 21.6 Å². The molecule has 43 heavy (non-hydrogen) atoms. The Labute approximate surface area is 259 Å². The first-order chi connectivity index (χ1) is 20.5. The molecule has 0 radical (unpaired) electrons. The van der Waals surface area contributed by atoms with Crippen molar-refractivity contribution in [3.63, 3.8) is 0 Å². The summed E-state index contributed by atoms with van der Waals surface area (Å²) in [5.41, 5.74) is 6.01. The third-order valence-corrected chi connectivity index (χ3v) is 11.5. The highest BCUT2D eigenvalue weighted by Gasteiger charge is 2.43. The summed E-state index contributed by atoms with van der Waals surface area (Å²) in [4.78, 5) is 13.6. The summed E-state index contributed by atoms with van der Waals surface area (Å²) in [6.45, 7) is 3.19. The van der Waals surface area contributed by atoms with Gasteiger partial charge in [-0.2, -0.15) is 13.7 Å². The Morgan fingerprint density at radius 2 is 1.49 bits per heavy atom. The van der Waals surface area contributed by atoms with E-state index >= 15 is 0 Å². The van der Waals surface area contributed by atoms with Gasteiger partial charge in [0.1, 0.15) is 6.04 Å². The van der Waals surface area contributed by atoms with Gasteiger partial charge < -0.3 is 4.57 Å². The highest BCUT2D eigenvalue weighted by atomic mass is 79.9. The van der Waals surface area contributed by atoms with Gasteiger partial charge in [0.05, 0.1) is 16.0 Å².